The maximum atomic E-state index is 12.8. The topological polar surface area (TPSA) is 41.6 Å². The molecule has 0 radical (unpaired) electrons. The monoisotopic (exact) mass is 266 g/mol. The van der Waals surface area contributed by atoms with Gasteiger partial charge in [-0.05, 0) is 64.5 Å². The Hall–Kier alpha value is -0.610. The molecule has 1 aliphatic carbocycles. The molecular weight excluding hydrogens is 240 g/mol. The molecule has 3 aliphatic rings. The first-order valence-electron chi connectivity index (χ1n) is 7.85. The van der Waals surface area contributed by atoms with Gasteiger partial charge in [0, 0.05) is 19.2 Å². The van der Waals surface area contributed by atoms with Crippen molar-refractivity contribution in [3.63, 3.8) is 0 Å². The van der Waals surface area contributed by atoms with Crippen LogP contribution in [0.1, 0.15) is 45.4 Å². The molecule has 4 heteroatoms. The number of hydrogen-bond acceptors (Lipinski definition) is 3. The van der Waals surface area contributed by atoms with E-state index < -0.39 is 5.60 Å². The molecule has 4 nitrogen and oxygen atoms in total. The zero-order valence-electron chi connectivity index (χ0n) is 12.0. The molecule has 0 spiro atoms. The predicted molar refractivity (Wildman–Crippen MR) is 73.9 cm³/mol. The number of carbonyl (C=O) groups is 1. The van der Waals surface area contributed by atoms with E-state index in [4.69, 9.17) is 4.74 Å². The van der Waals surface area contributed by atoms with Crippen LogP contribution in [0.3, 0.4) is 0 Å². The van der Waals surface area contributed by atoms with Crippen molar-refractivity contribution in [2.45, 2.75) is 57.1 Å². The van der Waals surface area contributed by atoms with Crippen LogP contribution in [-0.2, 0) is 9.53 Å². The van der Waals surface area contributed by atoms with Gasteiger partial charge in [-0.1, -0.05) is 0 Å². The molecule has 0 aromatic heterocycles. The molecule has 19 heavy (non-hydrogen) atoms. The van der Waals surface area contributed by atoms with Crippen molar-refractivity contribution in [2.24, 2.45) is 5.92 Å². The minimum absolute atomic E-state index is 0.248. The largest absolute Gasteiger partial charge is 0.365 e. The Balaban J connectivity index is 1.64. The van der Waals surface area contributed by atoms with E-state index in [1.807, 2.05) is 6.92 Å². The summed E-state index contributed by atoms with van der Waals surface area (Å²) in [7, 11) is 0. The molecule has 2 saturated heterocycles. The summed E-state index contributed by atoms with van der Waals surface area (Å²) in [6.07, 6.45) is 6.76. The molecule has 2 aliphatic heterocycles. The highest BCUT2D eigenvalue weighted by Gasteiger charge is 2.45. The van der Waals surface area contributed by atoms with Crippen LogP contribution < -0.4 is 5.32 Å². The van der Waals surface area contributed by atoms with Gasteiger partial charge in [-0.15, -0.1) is 0 Å². The van der Waals surface area contributed by atoms with E-state index in [-0.39, 0.29) is 5.91 Å². The number of nitrogens with zero attached hydrogens (tertiary/aromatic N) is 1. The Labute approximate surface area is 115 Å². The SMILES string of the molecule is CC1(C(=O)N(CC2CCCNC2)C2CC2)CCCO1. The van der Waals surface area contributed by atoms with Crippen LogP contribution in [0.2, 0.25) is 0 Å². The van der Waals surface area contributed by atoms with E-state index in [9.17, 15) is 4.79 Å². The van der Waals surface area contributed by atoms with E-state index in [2.05, 4.69) is 10.2 Å². The zero-order valence-corrected chi connectivity index (χ0v) is 12.0. The first kappa shape index (κ1) is 13.4. The van der Waals surface area contributed by atoms with Crippen LogP contribution in [0.5, 0.6) is 0 Å². The molecule has 0 bridgehead atoms. The molecule has 0 aromatic rings. The van der Waals surface area contributed by atoms with E-state index >= 15 is 0 Å². The fraction of sp³-hybridized carbons (Fsp3) is 0.933. The van der Waals surface area contributed by atoms with E-state index in [0.717, 1.165) is 39.1 Å². The fourth-order valence-electron chi connectivity index (χ4n) is 3.39. The molecule has 1 amide bonds. The summed E-state index contributed by atoms with van der Waals surface area (Å²) in [5.41, 5.74) is -0.537. The summed E-state index contributed by atoms with van der Waals surface area (Å²) in [6, 6.07) is 0.496. The summed E-state index contributed by atoms with van der Waals surface area (Å²) in [6.45, 7) is 5.85. The Morgan fingerprint density at radius 3 is 2.79 bits per heavy atom. The number of rotatable bonds is 4. The van der Waals surface area contributed by atoms with Gasteiger partial charge in [-0.25, -0.2) is 0 Å². The second-order valence-electron chi connectivity index (χ2n) is 6.58. The van der Waals surface area contributed by atoms with Gasteiger partial charge in [-0.2, -0.15) is 0 Å². The lowest BCUT2D eigenvalue weighted by atomic mass is 9.96. The summed E-state index contributed by atoms with van der Waals surface area (Å²) in [4.78, 5) is 14.9. The Bertz CT molecular complexity index is 329. The van der Waals surface area contributed by atoms with Gasteiger partial charge in [0.15, 0.2) is 0 Å². The van der Waals surface area contributed by atoms with Crippen LogP contribution in [-0.4, -0.2) is 48.7 Å². The lowest BCUT2D eigenvalue weighted by molar-refractivity contribution is -0.152. The minimum Gasteiger partial charge on any atom is -0.365 e. The fourth-order valence-corrected chi connectivity index (χ4v) is 3.39. The minimum atomic E-state index is -0.537. The molecule has 3 fully saturated rings. The Kier molecular flexibility index (Phi) is 3.81. The van der Waals surface area contributed by atoms with Crippen LogP contribution in [0.15, 0.2) is 0 Å². The third-order valence-corrected chi connectivity index (χ3v) is 4.77. The highest BCUT2D eigenvalue weighted by Crippen LogP contribution is 2.34. The van der Waals surface area contributed by atoms with Crippen molar-refractivity contribution in [1.29, 1.82) is 0 Å². The Morgan fingerprint density at radius 1 is 1.37 bits per heavy atom. The number of amides is 1. The molecule has 3 rings (SSSR count). The molecule has 2 atom stereocenters. The molecule has 2 heterocycles. The van der Waals surface area contributed by atoms with Crippen molar-refractivity contribution in [2.75, 3.05) is 26.2 Å². The quantitative estimate of drug-likeness (QED) is 0.839. The van der Waals surface area contributed by atoms with E-state index in [0.29, 0.717) is 12.0 Å². The van der Waals surface area contributed by atoms with Crippen molar-refractivity contribution in [1.82, 2.24) is 10.2 Å². The number of nitrogens with one attached hydrogen (secondary N) is 1. The number of ether oxygens (including phenoxy) is 1. The van der Waals surface area contributed by atoms with Gasteiger partial charge in [0.1, 0.15) is 5.60 Å². The molecule has 108 valence electrons. The number of piperidine rings is 1. The van der Waals surface area contributed by atoms with Crippen LogP contribution in [0.4, 0.5) is 0 Å². The second kappa shape index (κ2) is 5.41. The maximum Gasteiger partial charge on any atom is 0.254 e. The van der Waals surface area contributed by atoms with E-state index in [1.165, 1.54) is 25.7 Å². The lowest BCUT2D eigenvalue weighted by Gasteiger charge is -2.35. The van der Waals surface area contributed by atoms with Gasteiger partial charge < -0.3 is 15.0 Å². The molecular formula is C15H26N2O2. The van der Waals surface area contributed by atoms with Gasteiger partial charge in [0.2, 0.25) is 0 Å². The first-order valence-corrected chi connectivity index (χ1v) is 7.85. The van der Waals surface area contributed by atoms with Crippen LogP contribution in [0.25, 0.3) is 0 Å². The normalized spacial score (nSPS) is 35.3. The highest BCUT2D eigenvalue weighted by atomic mass is 16.5. The average molecular weight is 266 g/mol. The lowest BCUT2D eigenvalue weighted by Crippen LogP contribution is -2.50. The maximum absolute atomic E-state index is 12.8. The van der Waals surface area contributed by atoms with Crippen molar-refractivity contribution >= 4 is 5.91 Å². The molecule has 0 aromatic carbocycles. The number of carbonyl (C=O) groups excluding carboxylic acids is 1. The zero-order chi connectivity index (χ0) is 13.3. The summed E-state index contributed by atoms with van der Waals surface area (Å²) in [5, 5.41) is 3.45. The smallest absolute Gasteiger partial charge is 0.254 e. The van der Waals surface area contributed by atoms with Crippen LogP contribution in [0, 0.1) is 5.92 Å². The van der Waals surface area contributed by atoms with Gasteiger partial charge in [0.05, 0.1) is 0 Å². The van der Waals surface area contributed by atoms with Gasteiger partial charge in [0.25, 0.3) is 5.91 Å². The summed E-state index contributed by atoms with van der Waals surface area (Å²) >= 11 is 0. The van der Waals surface area contributed by atoms with Crippen LogP contribution >= 0.6 is 0 Å². The van der Waals surface area contributed by atoms with Gasteiger partial charge in [-0.3, -0.25) is 4.79 Å². The third kappa shape index (κ3) is 2.95. The average Bonchev–Trinajstić information content (AvgIpc) is 3.18. The van der Waals surface area contributed by atoms with E-state index in [1.54, 1.807) is 0 Å². The standard InChI is InChI=1S/C15H26N2O2/c1-15(7-3-9-19-15)14(18)17(13-5-6-13)11-12-4-2-8-16-10-12/h12-13,16H,2-11H2,1H3. The first-order chi connectivity index (χ1) is 9.19. The summed E-state index contributed by atoms with van der Waals surface area (Å²) in [5.74, 6) is 0.876. The predicted octanol–water partition coefficient (Wildman–Crippen LogP) is 1.55. The molecule has 1 N–H and O–H groups in total. The second-order valence-corrected chi connectivity index (χ2v) is 6.58. The van der Waals surface area contributed by atoms with Crippen molar-refractivity contribution in [3.05, 3.63) is 0 Å². The molecule has 1 saturated carbocycles. The highest BCUT2D eigenvalue weighted by molar-refractivity contribution is 5.85. The molecule has 2 unspecified atom stereocenters. The Morgan fingerprint density at radius 2 is 2.21 bits per heavy atom. The third-order valence-electron chi connectivity index (χ3n) is 4.77. The summed E-state index contributed by atoms with van der Waals surface area (Å²) < 4.78 is 5.74. The van der Waals surface area contributed by atoms with Crippen molar-refractivity contribution in [3.8, 4) is 0 Å². The van der Waals surface area contributed by atoms with Gasteiger partial charge >= 0.3 is 0 Å². The number of hydrogen-bond donors (Lipinski definition) is 1. The van der Waals surface area contributed by atoms with Crippen molar-refractivity contribution < 1.29 is 9.53 Å².